The van der Waals surface area contributed by atoms with Crippen LogP contribution in [-0.2, 0) is 6.54 Å². The Bertz CT molecular complexity index is 810. The molecule has 144 valence electrons. The lowest BCUT2D eigenvalue weighted by atomic mass is 10.1. The minimum absolute atomic E-state index is 0.0279. The zero-order chi connectivity index (χ0) is 18.9. The van der Waals surface area contributed by atoms with Crippen LogP contribution >= 0.6 is 0 Å². The molecule has 0 spiro atoms. The summed E-state index contributed by atoms with van der Waals surface area (Å²) < 4.78 is 8.68. The molecule has 1 unspecified atom stereocenters. The van der Waals surface area contributed by atoms with Crippen LogP contribution in [0.1, 0.15) is 70.7 Å². The average Bonchev–Trinajstić information content (AvgIpc) is 3.08. The first-order valence-electron chi connectivity index (χ1n) is 10.5. The number of rotatable bonds is 11. The van der Waals surface area contributed by atoms with Gasteiger partial charge in [-0.25, -0.2) is 4.98 Å². The van der Waals surface area contributed by atoms with Gasteiger partial charge in [-0.15, -0.1) is 0 Å². The molecular weight excluding hydrogens is 332 g/mol. The van der Waals surface area contributed by atoms with Gasteiger partial charge in [-0.3, -0.25) is 0 Å². The highest BCUT2D eigenvalue weighted by molar-refractivity contribution is 5.76. The van der Waals surface area contributed by atoms with E-state index in [1.807, 2.05) is 30.3 Å². The predicted octanol–water partition coefficient (Wildman–Crippen LogP) is 6.93. The van der Waals surface area contributed by atoms with E-state index >= 15 is 0 Å². The summed E-state index contributed by atoms with van der Waals surface area (Å²) >= 11 is 0. The first kappa shape index (κ1) is 19.5. The van der Waals surface area contributed by atoms with Crippen LogP contribution in [0.15, 0.2) is 54.6 Å². The summed E-state index contributed by atoms with van der Waals surface area (Å²) in [5.41, 5.74) is 2.28. The van der Waals surface area contributed by atoms with E-state index in [0.717, 1.165) is 30.1 Å². The summed E-state index contributed by atoms with van der Waals surface area (Å²) in [6.07, 6.45) is 8.67. The van der Waals surface area contributed by atoms with Gasteiger partial charge in [-0.05, 0) is 37.1 Å². The number of hydrogen-bond donors (Lipinski definition) is 0. The third-order valence-electron chi connectivity index (χ3n) is 5.10. The highest BCUT2D eigenvalue weighted by atomic mass is 16.5. The van der Waals surface area contributed by atoms with E-state index in [9.17, 15) is 0 Å². The number of fused-ring (bicyclic) bond motifs is 1. The Labute approximate surface area is 163 Å². The first-order chi connectivity index (χ1) is 13.3. The standard InChI is InChI=1S/C24H32N2O/c1-3-5-6-7-8-14-19-26-22-18-13-12-17-21(22)25-24(26)23(4-2)27-20-15-10-9-11-16-20/h9-13,15-18,23H,3-8,14,19H2,1-2H3. The van der Waals surface area contributed by atoms with E-state index in [4.69, 9.17) is 9.72 Å². The van der Waals surface area contributed by atoms with Crippen LogP contribution in [0.3, 0.4) is 0 Å². The number of imidazole rings is 1. The molecule has 0 amide bonds. The SMILES string of the molecule is CCCCCCCCn1c(C(CC)Oc2ccccc2)nc2ccccc21. The van der Waals surface area contributed by atoms with Gasteiger partial charge in [0.2, 0.25) is 0 Å². The molecular formula is C24H32N2O. The lowest BCUT2D eigenvalue weighted by Crippen LogP contribution is -2.14. The van der Waals surface area contributed by atoms with Crippen LogP contribution in [0.4, 0.5) is 0 Å². The van der Waals surface area contributed by atoms with Crippen LogP contribution < -0.4 is 4.74 Å². The number of para-hydroxylation sites is 3. The molecule has 0 saturated heterocycles. The Kier molecular flexibility index (Phi) is 7.32. The molecule has 1 heterocycles. The van der Waals surface area contributed by atoms with Crippen molar-refractivity contribution < 1.29 is 4.74 Å². The van der Waals surface area contributed by atoms with Gasteiger partial charge in [-0.2, -0.15) is 0 Å². The Hall–Kier alpha value is -2.29. The van der Waals surface area contributed by atoms with Crippen LogP contribution in [-0.4, -0.2) is 9.55 Å². The molecule has 1 atom stereocenters. The number of hydrogen-bond acceptors (Lipinski definition) is 2. The molecule has 3 nitrogen and oxygen atoms in total. The second-order valence-corrected chi connectivity index (χ2v) is 7.21. The predicted molar refractivity (Wildman–Crippen MR) is 113 cm³/mol. The fraction of sp³-hybridized carbons (Fsp3) is 0.458. The van der Waals surface area contributed by atoms with Gasteiger partial charge in [0.05, 0.1) is 11.0 Å². The van der Waals surface area contributed by atoms with Crippen LogP contribution in [0.5, 0.6) is 5.75 Å². The number of nitrogens with zero attached hydrogens (tertiary/aromatic N) is 2. The van der Waals surface area contributed by atoms with Gasteiger partial charge in [0, 0.05) is 6.54 Å². The largest absolute Gasteiger partial charge is 0.483 e. The maximum Gasteiger partial charge on any atom is 0.156 e. The van der Waals surface area contributed by atoms with Crippen molar-refractivity contribution >= 4 is 11.0 Å². The lowest BCUT2D eigenvalue weighted by molar-refractivity contribution is 0.186. The number of unbranched alkanes of at least 4 members (excludes halogenated alkanes) is 5. The normalized spacial score (nSPS) is 12.4. The van der Waals surface area contributed by atoms with E-state index in [2.05, 4.69) is 42.7 Å². The van der Waals surface area contributed by atoms with Crippen LogP contribution in [0.2, 0.25) is 0 Å². The number of aromatic nitrogens is 2. The van der Waals surface area contributed by atoms with Gasteiger partial charge in [0.1, 0.15) is 5.75 Å². The lowest BCUT2D eigenvalue weighted by Gasteiger charge is -2.19. The molecule has 3 rings (SSSR count). The van der Waals surface area contributed by atoms with Crippen molar-refractivity contribution in [3.05, 3.63) is 60.4 Å². The Morgan fingerprint density at radius 3 is 2.33 bits per heavy atom. The monoisotopic (exact) mass is 364 g/mol. The minimum Gasteiger partial charge on any atom is -0.483 e. The number of aryl methyl sites for hydroxylation is 1. The Morgan fingerprint density at radius 2 is 1.56 bits per heavy atom. The van der Waals surface area contributed by atoms with Gasteiger partial charge in [0.25, 0.3) is 0 Å². The molecule has 0 aliphatic carbocycles. The summed E-state index contributed by atoms with van der Waals surface area (Å²) in [7, 11) is 0. The van der Waals surface area contributed by atoms with Gasteiger partial charge < -0.3 is 9.30 Å². The minimum atomic E-state index is -0.0279. The third-order valence-corrected chi connectivity index (χ3v) is 5.10. The Balaban J connectivity index is 1.78. The van der Waals surface area contributed by atoms with E-state index in [-0.39, 0.29) is 6.10 Å². The topological polar surface area (TPSA) is 27.1 Å². The summed E-state index contributed by atoms with van der Waals surface area (Å²) in [6.45, 7) is 5.44. The molecule has 0 fully saturated rings. The maximum absolute atomic E-state index is 6.30. The second kappa shape index (κ2) is 10.1. The quantitative estimate of drug-likeness (QED) is 0.345. The fourth-order valence-corrected chi connectivity index (χ4v) is 3.61. The smallest absolute Gasteiger partial charge is 0.156 e. The third kappa shape index (κ3) is 5.12. The molecule has 0 N–H and O–H groups in total. The molecule has 2 aromatic carbocycles. The van der Waals surface area contributed by atoms with Gasteiger partial charge >= 0.3 is 0 Å². The van der Waals surface area contributed by atoms with Crippen molar-refractivity contribution in [1.29, 1.82) is 0 Å². The van der Waals surface area contributed by atoms with Gasteiger partial charge in [-0.1, -0.05) is 76.3 Å². The van der Waals surface area contributed by atoms with E-state index in [0.29, 0.717) is 0 Å². The average molecular weight is 365 g/mol. The van der Waals surface area contributed by atoms with Gasteiger partial charge in [0.15, 0.2) is 11.9 Å². The molecule has 0 bridgehead atoms. The highest BCUT2D eigenvalue weighted by Gasteiger charge is 2.20. The number of ether oxygens (including phenoxy) is 1. The van der Waals surface area contributed by atoms with Crippen LogP contribution in [0.25, 0.3) is 11.0 Å². The van der Waals surface area contributed by atoms with Crippen molar-refractivity contribution in [1.82, 2.24) is 9.55 Å². The van der Waals surface area contributed by atoms with Crippen molar-refractivity contribution in [2.24, 2.45) is 0 Å². The van der Waals surface area contributed by atoms with E-state index in [1.165, 1.54) is 44.0 Å². The molecule has 0 radical (unpaired) electrons. The Morgan fingerprint density at radius 1 is 0.852 bits per heavy atom. The fourth-order valence-electron chi connectivity index (χ4n) is 3.61. The van der Waals surface area contributed by atoms with Crippen molar-refractivity contribution in [3.63, 3.8) is 0 Å². The summed E-state index contributed by atoms with van der Waals surface area (Å²) in [4.78, 5) is 4.95. The van der Waals surface area contributed by atoms with E-state index in [1.54, 1.807) is 0 Å². The van der Waals surface area contributed by atoms with E-state index < -0.39 is 0 Å². The zero-order valence-electron chi connectivity index (χ0n) is 16.7. The molecule has 27 heavy (non-hydrogen) atoms. The number of benzene rings is 2. The molecule has 0 aliphatic rings. The molecule has 0 saturated carbocycles. The van der Waals surface area contributed by atoms with Crippen molar-refractivity contribution in [2.75, 3.05) is 0 Å². The highest BCUT2D eigenvalue weighted by Crippen LogP contribution is 2.28. The molecule has 3 aromatic rings. The maximum atomic E-state index is 6.30. The second-order valence-electron chi connectivity index (χ2n) is 7.21. The van der Waals surface area contributed by atoms with Crippen molar-refractivity contribution in [2.45, 2.75) is 71.4 Å². The first-order valence-corrected chi connectivity index (χ1v) is 10.5. The molecule has 0 aliphatic heterocycles. The molecule has 1 aromatic heterocycles. The van der Waals surface area contributed by atoms with Crippen molar-refractivity contribution in [3.8, 4) is 5.75 Å². The summed E-state index contributed by atoms with van der Waals surface area (Å²) in [6, 6.07) is 18.5. The molecule has 3 heteroatoms. The van der Waals surface area contributed by atoms with Crippen LogP contribution in [0, 0.1) is 0 Å². The summed E-state index contributed by atoms with van der Waals surface area (Å²) in [5, 5.41) is 0. The zero-order valence-corrected chi connectivity index (χ0v) is 16.7. The summed E-state index contributed by atoms with van der Waals surface area (Å²) in [5.74, 6) is 1.96.